The van der Waals surface area contributed by atoms with Gasteiger partial charge in [-0.3, -0.25) is 9.69 Å². The zero-order valence-electron chi connectivity index (χ0n) is 17.0. The summed E-state index contributed by atoms with van der Waals surface area (Å²) in [7, 11) is -3.57. The molecule has 168 valence electrons. The number of nitrogens with one attached hydrogen (secondary N) is 2. The molecule has 9 nitrogen and oxygen atoms in total. The summed E-state index contributed by atoms with van der Waals surface area (Å²) in [5, 5.41) is 11.7. The van der Waals surface area contributed by atoms with E-state index >= 15 is 0 Å². The SMILES string of the molecule is C=CCC(C)S(=O)(=O)NC[C@@]12C[C@@H](C(=O)Nc3nc(Br)ccc3C=C)N(C(=O)O)[C@@H]1C2. The number of allylic oxidation sites excluding steroid dienone is 1. The summed E-state index contributed by atoms with van der Waals surface area (Å²) >= 11 is 3.25. The van der Waals surface area contributed by atoms with Gasteiger partial charge in [0.2, 0.25) is 15.9 Å². The second-order valence-corrected chi connectivity index (χ2v) is 11.0. The lowest BCUT2D eigenvalue weighted by Crippen LogP contribution is -2.45. The summed E-state index contributed by atoms with van der Waals surface area (Å²) in [4.78, 5) is 30.2. The second-order valence-electron chi connectivity index (χ2n) is 7.96. The van der Waals surface area contributed by atoms with Gasteiger partial charge in [-0.15, -0.1) is 6.58 Å². The summed E-state index contributed by atoms with van der Waals surface area (Å²) in [6, 6.07) is 2.08. The third-order valence-corrected chi connectivity index (χ3v) is 8.19. The standard InChI is InChI=1S/C20H25BrN4O5S/c1-4-6-12(3)31(29,30)22-11-20-9-14(25(19(27)28)15(20)10-20)18(26)24-17-13(5-2)7-8-16(21)23-17/h4-5,7-8,12,14-15,22H,1-2,6,9-11H2,3H3,(H,27,28)(H,23,24,26)/t12?,14-,15+,20-/m0/s1. The molecule has 4 atom stereocenters. The van der Waals surface area contributed by atoms with Crippen LogP contribution in [-0.2, 0) is 14.8 Å². The number of amides is 2. The van der Waals surface area contributed by atoms with E-state index in [1.54, 1.807) is 19.1 Å². The maximum absolute atomic E-state index is 13.0. The molecule has 2 fully saturated rings. The van der Waals surface area contributed by atoms with Gasteiger partial charge in [-0.2, -0.15) is 0 Å². The van der Waals surface area contributed by atoms with Gasteiger partial charge < -0.3 is 10.4 Å². The first-order valence-corrected chi connectivity index (χ1v) is 12.1. The molecule has 1 aliphatic heterocycles. The Hall–Kier alpha value is -2.24. The number of likely N-dealkylation sites (tertiary alicyclic amines) is 1. The molecule has 2 aliphatic rings. The fraction of sp³-hybridized carbons (Fsp3) is 0.450. The van der Waals surface area contributed by atoms with Crippen LogP contribution < -0.4 is 10.0 Å². The molecule has 0 radical (unpaired) electrons. The molecule has 2 amide bonds. The van der Waals surface area contributed by atoms with E-state index in [4.69, 9.17) is 0 Å². The average Bonchev–Trinajstić information content (AvgIpc) is 3.30. The van der Waals surface area contributed by atoms with E-state index in [0.717, 1.165) is 4.90 Å². The van der Waals surface area contributed by atoms with Crippen molar-refractivity contribution in [3.63, 3.8) is 0 Å². The molecule has 2 heterocycles. The van der Waals surface area contributed by atoms with Gasteiger partial charge in [0.15, 0.2) is 0 Å². The minimum Gasteiger partial charge on any atom is -0.465 e. The molecule has 1 saturated heterocycles. The smallest absolute Gasteiger partial charge is 0.408 e. The third kappa shape index (κ3) is 4.68. The van der Waals surface area contributed by atoms with Crippen molar-refractivity contribution in [2.24, 2.45) is 5.41 Å². The molecule has 1 unspecified atom stereocenters. The number of halogens is 1. The monoisotopic (exact) mass is 512 g/mol. The molecule has 11 heteroatoms. The summed E-state index contributed by atoms with van der Waals surface area (Å²) in [6.07, 6.45) is 2.91. The Kier molecular flexibility index (Phi) is 6.59. The summed E-state index contributed by atoms with van der Waals surface area (Å²) in [5.74, 6) is -0.237. The van der Waals surface area contributed by atoms with Crippen molar-refractivity contribution in [2.45, 2.75) is 43.5 Å². The van der Waals surface area contributed by atoms with Crippen LogP contribution in [0.4, 0.5) is 10.6 Å². The Balaban J connectivity index is 1.75. The first kappa shape index (κ1) is 23.4. The topological polar surface area (TPSA) is 129 Å². The lowest BCUT2D eigenvalue weighted by molar-refractivity contribution is -0.120. The summed E-state index contributed by atoms with van der Waals surface area (Å²) in [6.45, 7) is 8.92. The largest absolute Gasteiger partial charge is 0.465 e. The molecule has 31 heavy (non-hydrogen) atoms. The highest BCUT2D eigenvalue weighted by Gasteiger charge is 2.67. The zero-order chi connectivity index (χ0) is 23.0. The number of sulfonamides is 1. The van der Waals surface area contributed by atoms with E-state index < -0.39 is 44.8 Å². The maximum Gasteiger partial charge on any atom is 0.408 e. The van der Waals surface area contributed by atoms with E-state index in [2.05, 4.69) is 44.1 Å². The first-order valence-electron chi connectivity index (χ1n) is 9.75. The maximum atomic E-state index is 13.0. The fourth-order valence-electron chi connectivity index (χ4n) is 4.05. The van der Waals surface area contributed by atoms with Gasteiger partial charge in [-0.25, -0.2) is 22.9 Å². The zero-order valence-corrected chi connectivity index (χ0v) is 19.4. The number of piperidine rings is 1. The lowest BCUT2D eigenvalue weighted by atomic mass is 9.99. The van der Waals surface area contributed by atoms with Gasteiger partial charge in [0.1, 0.15) is 16.5 Å². The van der Waals surface area contributed by atoms with Crippen LogP contribution in [0.15, 0.2) is 36.0 Å². The number of pyridine rings is 1. The third-order valence-electron chi connectivity index (χ3n) is 5.95. The summed E-state index contributed by atoms with van der Waals surface area (Å²) in [5.41, 5.74) is 0.00752. The van der Waals surface area contributed by atoms with E-state index in [1.165, 1.54) is 12.2 Å². The van der Waals surface area contributed by atoms with Gasteiger partial charge in [0.25, 0.3) is 0 Å². The van der Waals surface area contributed by atoms with Gasteiger partial charge in [-0.05, 0) is 54.2 Å². The molecule has 0 bridgehead atoms. The van der Waals surface area contributed by atoms with Crippen LogP contribution in [0.1, 0.15) is 31.7 Å². The van der Waals surface area contributed by atoms with Crippen LogP contribution in [0, 0.1) is 5.41 Å². The van der Waals surface area contributed by atoms with Gasteiger partial charge >= 0.3 is 6.09 Å². The van der Waals surface area contributed by atoms with E-state index in [1.807, 2.05) is 0 Å². The minimum absolute atomic E-state index is 0.0854. The van der Waals surface area contributed by atoms with Gasteiger partial charge in [0, 0.05) is 23.6 Å². The number of carboxylic acid groups (broad SMARTS) is 1. The highest BCUT2D eigenvalue weighted by Crippen LogP contribution is 2.59. The van der Waals surface area contributed by atoms with Gasteiger partial charge in [0.05, 0.1) is 5.25 Å². The van der Waals surface area contributed by atoms with Crippen LogP contribution in [0.25, 0.3) is 6.08 Å². The number of rotatable bonds is 9. The molecule has 3 rings (SSSR count). The van der Waals surface area contributed by atoms with Crippen molar-refractivity contribution in [3.05, 3.63) is 41.5 Å². The van der Waals surface area contributed by atoms with Crippen molar-refractivity contribution in [1.82, 2.24) is 14.6 Å². The van der Waals surface area contributed by atoms with Crippen molar-refractivity contribution >= 4 is 49.8 Å². The number of anilines is 1. The van der Waals surface area contributed by atoms with Crippen LogP contribution in [-0.4, -0.2) is 59.3 Å². The van der Waals surface area contributed by atoms with E-state index in [9.17, 15) is 23.1 Å². The van der Waals surface area contributed by atoms with Crippen molar-refractivity contribution in [3.8, 4) is 0 Å². The fourth-order valence-corrected chi connectivity index (χ4v) is 5.52. The number of nitrogens with zero attached hydrogens (tertiary/aromatic N) is 2. The van der Waals surface area contributed by atoms with Crippen LogP contribution in [0.2, 0.25) is 0 Å². The number of fused-ring (bicyclic) bond motifs is 1. The van der Waals surface area contributed by atoms with Crippen molar-refractivity contribution in [1.29, 1.82) is 0 Å². The normalized spacial score (nSPS) is 25.4. The Labute approximate surface area is 189 Å². The Bertz CT molecular complexity index is 1030. The Morgan fingerprint density at radius 3 is 2.74 bits per heavy atom. The number of carbonyl (C=O) groups is 2. The second kappa shape index (κ2) is 8.71. The number of hydrogen-bond donors (Lipinski definition) is 3. The predicted molar refractivity (Wildman–Crippen MR) is 121 cm³/mol. The highest BCUT2D eigenvalue weighted by molar-refractivity contribution is 9.10. The molecule has 0 aromatic carbocycles. The van der Waals surface area contributed by atoms with Crippen LogP contribution in [0.5, 0.6) is 0 Å². The van der Waals surface area contributed by atoms with Gasteiger partial charge in [-0.1, -0.05) is 18.7 Å². The number of aromatic nitrogens is 1. The Morgan fingerprint density at radius 2 is 2.13 bits per heavy atom. The quantitative estimate of drug-likeness (QED) is 0.344. The van der Waals surface area contributed by atoms with E-state index in [0.29, 0.717) is 23.0 Å². The molecule has 1 saturated carbocycles. The van der Waals surface area contributed by atoms with Crippen molar-refractivity contribution < 1.29 is 23.1 Å². The van der Waals surface area contributed by atoms with E-state index in [-0.39, 0.29) is 18.8 Å². The highest BCUT2D eigenvalue weighted by atomic mass is 79.9. The predicted octanol–water partition coefficient (Wildman–Crippen LogP) is 2.82. The number of hydrogen-bond acceptors (Lipinski definition) is 5. The van der Waals surface area contributed by atoms with Crippen molar-refractivity contribution in [2.75, 3.05) is 11.9 Å². The molecule has 1 aromatic heterocycles. The minimum atomic E-state index is -3.57. The molecular formula is C20H25BrN4O5S. The summed E-state index contributed by atoms with van der Waals surface area (Å²) < 4.78 is 28.0. The average molecular weight is 513 g/mol. The van der Waals surface area contributed by atoms with Crippen LogP contribution >= 0.6 is 15.9 Å². The molecule has 3 N–H and O–H groups in total. The first-order chi connectivity index (χ1) is 14.5. The molecular weight excluding hydrogens is 488 g/mol. The number of carbonyl (C=O) groups excluding carboxylic acids is 1. The molecule has 0 spiro atoms. The van der Waals surface area contributed by atoms with Crippen LogP contribution in [0.3, 0.4) is 0 Å². The Morgan fingerprint density at radius 1 is 1.42 bits per heavy atom. The molecule has 1 aliphatic carbocycles. The molecule has 1 aromatic rings. The lowest BCUT2D eigenvalue weighted by Gasteiger charge is -2.24.